The second kappa shape index (κ2) is 9.62. The van der Waals surface area contributed by atoms with Gasteiger partial charge in [-0.05, 0) is 65.2 Å². The largest absolute Gasteiger partial charge is 0.491 e. The highest BCUT2D eigenvalue weighted by Gasteiger charge is 2.29. The molecule has 2 N–H and O–H groups in total. The van der Waals surface area contributed by atoms with Gasteiger partial charge in [-0.3, -0.25) is 4.79 Å². The minimum atomic E-state index is -0.172. The quantitative estimate of drug-likeness (QED) is 0.800. The van der Waals surface area contributed by atoms with Crippen molar-refractivity contribution in [2.75, 3.05) is 13.1 Å². The van der Waals surface area contributed by atoms with E-state index in [1.165, 1.54) is 0 Å². The second-order valence-corrected chi connectivity index (χ2v) is 7.86. The Kier molecular flexibility index (Phi) is 7.51. The molecule has 0 unspecified atom stereocenters. The number of rotatable bonds is 6. The van der Waals surface area contributed by atoms with Gasteiger partial charge in [-0.15, -0.1) is 0 Å². The van der Waals surface area contributed by atoms with Crippen molar-refractivity contribution in [2.45, 2.75) is 65.6 Å². The van der Waals surface area contributed by atoms with Crippen LogP contribution in [-0.4, -0.2) is 42.1 Å². The van der Waals surface area contributed by atoms with Crippen molar-refractivity contribution in [1.82, 2.24) is 15.5 Å². The number of ether oxygens (including phenoxy) is 1. The first kappa shape index (κ1) is 21.1. The molecular weight excluding hydrogens is 342 g/mol. The lowest BCUT2D eigenvalue weighted by Crippen LogP contribution is -2.50. The van der Waals surface area contributed by atoms with Crippen LogP contribution < -0.4 is 15.4 Å². The van der Waals surface area contributed by atoms with E-state index in [2.05, 4.69) is 10.6 Å². The van der Waals surface area contributed by atoms with Crippen LogP contribution in [0.5, 0.6) is 5.75 Å². The molecule has 6 nitrogen and oxygen atoms in total. The number of urea groups is 1. The summed E-state index contributed by atoms with van der Waals surface area (Å²) in [6, 6.07) is 7.70. The summed E-state index contributed by atoms with van der Waals surface area (Å²) in [6.07, 6.45) is 1.76. The predicted molar refractivity (Wildman–Crippen MR) is 107 cm³/mol. The molecule has 0 saturated carbocycles. The maximum atomic E-state index is 12.7. The lowest BCUT2D eigenvalue weighted by Gasteiger charge is -2.33. The molecule has 1 saturated heterocycles. The number of nitrogens with zero attached hydrogens (tertiary/aromatic N) is 1. The molecule has 3 amide bonds. The molecule has 1 heterocycles. The third-order valence-electron chi connectivity index (χ3n) is 4.58. The van der Waals surface area contributed by atoms with Gasteiger partial charge in [0.1, 0.15) is 5.75 Å². The Balaban J connectivity index is 1.94. The zero-order valence-corrected chi connectivity index (χ0v) is 17.1. The van der Waals surface area contributed by atoms with Gasteiger partial charge in [-0.2, -0.15) is 0 Å². The number of hydrogen-bond donors (Lipinski definition) is 2. The third kappa shape index (κ3) is 6.45. The Morgan fingerprint density at radius 3 is 2.56 bits per heavy atom. The molecule has 0 bridgehead atoms. The van der Waals surface area contributed by atoms with Crippen molar-refractivity contribution in [3.63, 3.8) is 0 Å². The Morgan fingerprint density at radius 1 is 1.15 bits per heavy atom. The number of likely N-dealkylation sites (tertiary alicyclic amines) is 1. The van der Waals surface area contributed by atoms with Crippen molar-refractivity contribution in [3.05, 3.63) is 29.8 Å². The third-order valence-corrected chi connectivity index (χ3v) is 4.58. The van der Waals surface area contributed by atoms with Crippen LogP contribution in [-0.2, 0) is 4.79 Å². The summed E-state index contributed by atoms with van der Waals surface area (Å²) in [5.74, 6) is 0.631. The van der Waals surface area contributed by atoms with Crippen molar-refractivity contribution in [3.8, 4) is 5.75 Å². The van der Waals surface area contributed by atoms with Gasteiger partial charge in [0, 0.05) is 19.1 Å². The molecular formula is C21H33N3O3. The molecule has 6 heteroatoms. The van der Waals surface area contributed by atoms with E-state index in [4.69, 9.17) is 4.74 Å². The number of carbonyl (C=O) groups excluding carboxylic acids is 2. The predicted octanol–water partition coefficient (Wildman–Crippen LogP) is 3.48. The molecule has 1 fully saturated rings. The van der Waals surface area contributed by atoms with Crippen molar-refractivity contribution in [1.29, 1.82) is 0 Å². The number of hydrogen-bond acceptors (Lipinski definition) is 3. The van der Waals surface area contributed by atoms with Crippen molar-refractivity contribution in [2.24, 2.45) is 5.92 Å². The average molecular weight is 376 g/mol. The fraction of sp³-hybridized carbons (Fsp3) is 0.619. The van der Waals surface area contributed by atoms with Crippen molar-refractivity contribution < 1.29 is 14.3 Å². The Morgan fingerprint density at radius 2 is 1.89 bits per heavy atom. The highest BCUT2D eigenvalue weighted by molar-refractivity contribution is 5.81. The van der Waals surface area contributed by atoms with Crippen LogP contribution in [0.15, 0.2) is 24.3 Å². The molecule has 1 aliphatic rings. The normalized spacial score (nSPS) is 18.3. The molecule has 0 aromatic heterocycles. The Hall–Kier alpha value is -2.24. The zero-order chi connectivity index (χ0) is 20.0. The van der Waals surface area contributed by atoms with Gasteiger partial charge in [-0.1, -0.05) is 12.1 Å². The molecule has 0 aliphatic carbocycles. The fourth-order valence-electron chi connectivity index (χ4n) is 3.26. The fourth-order valence-corrected chi connectivity index (χ4v) is 3.26. The summed E-state index contributed by atoms with van der Waals surface area (Å²) in [5, 5.41) is 6.00. The van der Waals surface area contributed by atoms with Gasteiger partial charge in [0.05, 0.1) is 18.1 Å². The number of amides is 3. The van der Waals surface area contributed by atoms with E-state index in [0.29, 0.717) is 13.1 Å². The molecule has 1 aliphatic heterocycles. The van der Waals surface area contributed by atoms with Crippen LogP contribution in [0.1, 0.15) is 59.1 Å². The van der Waals surface area contributed by atoms with E-state index in [1.807, 2.05) is 58.9 Å². The lowest BCUT2D eigenvalue weighted by atomic mass is 9.96. The first-order valence-electron chi connectivity index (χ1n) is 9.88. The summed E-state index contributed by atoms with van der Waals surface area (Å²) >= 11 is 0. The first-order chi connectivity index (χ1) is 12.8. The van der Waals surface area contributed by atoms with Crippen LogP contribution in [0.2, 0.25) is 0 Å². The summed E-state index contributed by atoms with van der Waals surface area (Å²) < 4.78 is 5.73. The molecule has 2 atom stereocenters. The monoisotopic (exact) mass is 375 g/mol. The second-order valence-electron chi connectivity index (χ2n) is 7.86. The molecule has 1 aromatic rings. The molecule has 150 valence electrons. The van der Waals surface area contributed by atoms with Crippen LogP contribution in [0.3, 0.4) is 0 Å². The minimum absolute atomic E-state index is 0.000252. The Labute approximate surface area is 162 Å². The molecule has 0 radical (unpaired) electrons. The number of piperidine rings is 1. The van der Waals surface area contributed by atoms with E-state index in [9.17, 15) is 9.59 Å². The average Bonchev–Trinajstić information content (AvgIpc) is 2.61. The van der Waals surface area contributed by atoms with Crippen LogP contribution in [0.25, 0.3) is 0 Å². The smallest absolute Gasteiger partial charge is 0.317 e. The highest BCUT2D eigenvalue weighted by Crippen LogP contribution is 2.22. The zero-order valence-electron chi connectivity index (χ0n) is 17.1. The summed E-state index contributed by atoms with van der Waals surface area (Å²) in [4.78, 5) is 26.7. The SMILES string of the molecule is CC(C)NC(=O)N1CCC[C@@H](C(=O)N[C@H](C)c2cccc(OC(C)C)c2)C1. The summed E-state index contributed by atoms with van der Waals surface area (Å²) in [6.45, 7) is 11.0. The number of benzene rings is 1. The topological polar surface area (TPSA) is 70.7 Å². The standard InChI is InChI=1S/C21H33N3O3/c1-14(2)22-21(26)24-11-7-9-18(13-24)20(25)23-16(5)17-8-6-10-19(12-17)27-15(3)4/h6,8,10,12,14-16,18H,7,9,11,13H2,1-5H3,(H,22,26)(H,23,25)/t16-,18-/m1/s1. The van der Waals surface area contributed by atoms with Crippen LogP contribution in [0.4, 0.5) is 4.79 Å². The van der Waals surface area contributed by atoms with Gasteiger partial charge in [0.15, 0.2) is 0 Å². The van der Waals surface area contributed by atoms with E-state index in [1.54, 1.807) is 4.90 Å². The molecule has 0 spiro atoms. The van der Waals surface area contributed by atoms with Crippen LogP contribution in [0, 0.1) is 5.92 Å². The van der Waals surface area contributed by atoms with Crippen LogP contribution >= 0.6 is 0 Å². The number of carbonyl (C=O) groups is 2. The summed E-state index contributed by atoms with van der Waals surface area (Å²) in [5.41, 5.74) is 1.01. The maximum absolute atomic E-state index is 12.7. The first-order valence-corrected chi connectivity index (χ1v) is 9.88. The van der Waals surface area contributed by atoms with E-state index in [0.717, 1.165) is 24.2 Å². The van der Waals surface area contributed by atoms with E-state index < -0.39 is 0 Å². The van der Waals surface area contributed by atoms with E-state index in [-0.39, 0.29) is 36.0 Å². The van der Waals surface area contributed by atoms with Crippen molar-refractivity contribution >= 4 is 11.9 Å². The van der Waals surface area contributed by atoms with Gasteiger partial charge in [0.2, 0.25) is 5.91 Å². The molecule has 1 aromatic carbocycles. The summed E-state index contributed by atoms with van der Waals surface area (Å²) in [7, 11) is 0. The van der Waals surface area contributed by atoms with E-state index >= 15 is 0 Å². The Bertz CT molecular complexity index is 645. The lowest BCUT2D eigenvalue weighted by molar-refractivity contribution is -0.126. The van der Waals surface area contributed by atoms with Gasteiger partial charge in [0.25, 0.3) is 0 Å². The maximum Gasteiger partial charge on any atom is 0.317 e. The van der Waals surface area contributed by atoms with Gasteiger partial charge < -0.3 is 20.3 Å². The van der Waals surface area contributed by atoms with Gasteiger partial charge >= 0.3 is 6.03 Å². The molecule has 27 heavy (non-hydrogen) atoms. The van der Waals surface area contributed by atoms with Gasteiger partial charge in [-0.25, -0.2) is 4.79 Å². The molecule has 2 rings (SSSR count). The highest BCUT2D eigenvalue weighted by atomic mass is 16.5. The minimum Gasteiger partial charge on any atom is -0.491 e. The number of nitrogens with one attached hydrogen (secondary N) is 2.